The van der Waals surface area contributed by atoms with Gasteiger partial charge in [-0.3, -0.25) is 10.1 Å². The highest BCUT2D eigenvalue weighted by atomic mass is 16.6. The minimum atomic E-state index is -0.804. The molecule has 1 aromatic carbocycles. The van der Waals surface area contributed by atoms with Gasteiger partial charge in [0.15, 0.2) is 11.5 Å². The minimum absolute atomic E-state index is 0.536. The lowest BCUT2D eigenvalue weighted by Crippen LogP contribution is -1.86. The van der Waals surface area contributed by atoms with Crippen LogP contribution in [0.25, 0.3) is 0 Å². The average Bonchev–Trinajstić information content (AvgIpc) is 2.00. The Labute approximate surface area is 63.1 Å². The van der Waals surface area contributed by atoms with Crippen LogP contribution in [0.15, 0.2) is 18.2 Å². The summed E-state index contributed by atoms with van der Waals surface area (Å²) in [4.78, 5) is 9.37. The Hall–Kier alpha value is -1.78. The van der Waals surface area contributed by atoms with Crippen LogP contribution in [0, 0.1) is 10.1 Å². The Kier molecular flexibility index (Phi) is 1.33. The van der Waals surface area contributed by atoms with E-state index in [0.717, 1.165) is 12.1 Å². The second kappa shape index (κ2) is 2.45. The first-order valence-electron chi connectivity index (χ1n) is 3.20. The average molecular weight is 156 g/mol. The Bertz CT molecular complexity index is 339. The van der Waals surface area contributed by atoms with Crippen LogP contribution in [0.1, 0.15) is 1.37 Å². The summed E-state index contributed by atoms with van der Waals surface area (Å²) >= 11 is 0. The third-order valence-electron chi connectivity index (χ3n) is 1.08. The second-order valence-electron chi connectivity index (χ2n) is 1.83. The predicted molar refractivity (Wildman–Crippen MR) is 36.4 cm³/mol. The maximum absolute atomic E-state index is 10.2. The fourth-order valence-electron chi connectivity index (χ4n) is 0.570. The summed E-state index contributed by atoms with van der Waals surface area (Å²) in [5.41, 5.74) is -0.537. The van der Waals surface area contributed by atoms with E-state index in [1.54, 1.807) is 0 Å². The molecule has 0 spiro atoms. The summed E-state index contributed by atoms with van der Waals surface area (Å²) in [6.45, 7) is 0. The third kappa shape index (κ3) is 1.37. The van der Waals surface area contributed by atoms with Crippen LogP contribution in [0.2, 0.25) is 0 Å². The van der Waals surface area contributed by atoms with Gasteiger partial charge in [0.25, 0.3) is 5.69 Å². The maximum Gasteiger partial charge on any atom is 0.273 e. The van der Waals surface area contributed by atoms with Crippen molar-refractivity contribution in [2.75, 3.05) is 0 Å². The lowest BCUT2D eigenvalue weighted by molar-refractivity contribution is -0.385. The van der Waals surface area contributed by atoms with Crippen LogP contribution in [0.5, 0.6) is 11.5 Å². The first-order valence-corrected chi connectivity index (χ1v) is 2.70. The van der Waals surface area contributed by atoms with Crippen molar-refractivity contribution in [3.63, 3.8) is 0 Å². The number of benzene rings is 1. The molecule has 0 amide bonds. The molecule has 0 atom stereocenters. The van der Waals surface area contributed by atoms with Crippen LogP contribution in [0.3, 0.4) is 0 Å². The molecule has 2 N–H and O–H groups in total. The van der Waals surface area contributed by atoms with Crippen LogP contribution >= 0.6 is 0 Å². The van der Waals surface area contributed by atoms with Gasteiger partial charge in [-0.15, -0.1) is 0 Å². The van der Waals surface area contributed by atoms with Crippen molar-refractivity contribution >= 4 is 5.69 Å². The summed E-state index contributed by atoms with van der Waals surface area (Å²) in [5.74, 6) is -1.31. The molecule has 0 aliphatic carbocycles. The largest absolute Gasteiger partial charge is 0.504 e. The molecule has 1 aromatic rings. The molecule has 0 saturated heterocycles. The maximum atomic E-state index is 10.2. The number of rotatable bonds is 1. The fraction of sp³-hybridized carbons (Fsp3) is 0. The summed E-state index contributed by atoms with van der Waals surface area (Å²) in [6, 6.07) is 1.24. The van der Waals surface area contributed by atoms with Crippen LogP contribution in [-0.4, -0.2) is 15.1 Å². The van der Waals surface area contributed by atoms with Crippen molar-refractivity contribution < 1.29 is 16.5 Å². The molecule has 5 nitrogen and oxygen atoms in total. The van der Waals surface area contributed by atoms with Crippen LogP contribution < -0.4 is 0 Å². The van der Waals surface area contributed by atoms with E-state index >= 15 is 0 Å². The SMILES string of the molecule is [2H]c1c([N+](=O)[O-])ccc(O)c1O. The Morgan fingerprint density at radius 2 is 2.09 bits per heavy atom. The molecular formula is C6H5NO4. The Morgan fingerprint density at radius 1 is 1.45 bits per heavy atom. The zero-order valence-electron chi connectivity index (χ0n) is 6.31. The highest BCUT2D eigenvalue weighted by Gasteiger charge is 2.07. The molecule has 0 unspecified atom stereocenters. The van der Waals surface area contributed by atoms with Gasteiger partial charge in [0.1, 0.15) is 0 Å². The zero-order chi connectivity index (χ0) is 9.30. The van der Waals surface area contributed by atoms with Crippen molar-refractivity contribution in [3.8, 4) is 11.5 Å². The van der Waals surface area contributed by atoms with E-state index in [2.05, 4.69) is 0 Å². The molecule has 0 saturated carbocycles. The molecule has 0 heterocycles. The second-order valence-corrected chi connectivity index (χ2v) is 1.83. The number of nitro groups is 1. The number of nitrogens with zero attached hydrogens (tertiary/aromatic N) is 1. The Balaban J connectivity index is 3.36. The molecule has 0 aromatic heterocycles. The summed E-state index contributed by atoms with van der Waals surface area (Å²) in [7, 11) is 0. The molecule has 11 heavy (non-hydrogen) atoms. The first-order chi connectivity index (χ1) is 5.54. The van der Waals surface area contributed by atoms with Crippen molar-refractivity contribution in [2.45, 2.75) is 0 Å². The summed E-state index contributed by atoms with van der Waals surface area (Å²) < 4.78 is 7.01. The topological polar surface area (TPSA) is 83.6 Å². The Morgan fingerprint density at radius 3 is 2.64 bits per heavy atom. The molecular weight excluding hydrogens is 150 g/mol. The van der Waals surface area contributed by atoms with Gasteiger partial charge in [0.05, 0.1) is 12.3 Å². The van der Waals surface area contributed by atoms with E-state index in [1.165, 1.54) is 0 Å². The van der Waals surface area contributed by atoms with E-state index in [4.69, 9.17) is 11.6 Å². The van der Waals surface area contributed by atoms with Gasteiger partial charge in [-0.05, 0) is 6.07 Å². The van der Waals surface area contributed by atoms with Gasteiger partial charge in [0.2, 0.25) is 0 Å². The number of aromatic hydroxyl groups is 2. The number of nitro benzene ring substituents is 1. The molecule has 0 fully saturated rings. The van der Waals surface area contributed by atoms with Crippen molar-refractivity contribution in [1.29, 1.82) is 0 Å². The molecule has 0 aliphatic rings. The molecule has 0 radical (unpaired) electrons. The van der Waals surface area contributed by atoms with Gasteiger partial charge in [0, 0.05) is 6.07 Å². The van der Waals surface area contributed by atoms with Gasteiger partial charge < -0.3 is 10.2 Å². The van der Waals surface area contributed by atoms with E-state index in [-0.39, 0.29) is 0 Å². The van der Waals surface area contributed by atoms with Crippen molar-refractivity contribution in [3.05, 3.63) is 28.3 Å². The van der Waals surface area contributed by atoms with E-state index in [0.29, 0.717) is 0 Å². The normalized spacial score (nSPS) is 10.7. The number of phenols is 2. The lowest BCUT2D eigenvalue weighted by Gasteiger charge is -1.94. The summed E-state index contributed by atoms with van der Waals surface area (Å²) in [6.07, 6.45) is 0. The van der Waals surface area contributed by atoms with Gasteiger partial charge in [-0.2, -0.15) is 0 Å². The quantitative estimate of drug-likeness (QED) is 0.361. The molecule has 5 heteroatoms. The van der Waals surface area contributed by atoms with E-state index in [9.17, 15) is 10.1 Å². The predicted octanol–water partition coefficient (Wildman–Crippen LogP) is 1.01. The smallest absolute Gasteiger partial charge is 0.273 e. The van der Waals surface area contributed by atoms with E-state index in [1.807, 2.05) is 0 Å². The molecule has 58 valence electrons. The highest BCUT2D eigenvalue weighted by Crippen LogP contribution is 2.28. The standard InChI is InChI=1S/C6H5NO4/c8-5-2-1-4(7(10)11)3-6(5)9/h1-3,8-9H/i3D. The zero-order valence-corrected chi connectivity index (χ0v) is 5.31. The van der Waals surface area contributed by atoms with Crippen LogP contribution in [-0.2, 0) is 0 Å². The van der Waals surface area contributed by atoms with E-state index < -0.39 is 28.2 Å². The number of hydrogen-bond donors (Lipinski definition) is 2. The number of phenolic OH excluding ortho intramolecular Hbond substituents is 2. The summed E-state index contributed by atoms with van der Waals surface area (Å²) in [5, 5.41) is 27.9. The van der Waals surface area contributed by atoms with Crippen LogP contribution in [0.4, 0.5) is 5.69 Å². The number of hydrogen-bond acceptors (Lipinski definition) is 4. The van der Waals surface area contributed by atoms with Gasteiger partial charge in [-0.25, -0.2) is 0 Å². The molecule has 0 bridgehead atoms. The molecule has 0 aliphatic heterocycles. The van der Waals surface area contributed by atoms with Crippen molar-refractivity contribution in [1.82, 2.24) is 0 Å². The third-order valence-corrected chi connectivity index (χ3v) is 1.08. The minimum Gasteiger partial charge on any atom is -0.504 e. The lowest BCUT2D eigenvalue weighted by atomic mass is 10.3. The molecule has 1 rings (SSSR count). The highest BCUT2D eigenvalue weighted by molar-refractivity contribution is 5.46. The van der Waals surface area contributed by atoms with Gasteiger partial charge in [-0.1, -0.05) is 0 Å². The monoisotopic (exact) mass is 156 g/mol. The fourth-order valence-corrected chi connectivity index (χ4v) is 0.570. The first kappa shape index (κ1) is 5.96. The van der Waals surface area contributed by atoms with Crippen molar-refractivity contribution in [2.24, 2.45) is 0 Å². The van der Waals surface area contributed by atoms with Gasteiger partial charge >= 0.3 is 0 Å².